The number of nitrogens with one attached hydrogen (secondary N) is 2. The van der Waals surface area contributed by atoms with Crippen LogP contribution in [0.15, 0.2) is 66.7 Å². The van der Waals surface area contributed by atoms with Crippen LogP contribution < -0.4 is 10.6 Å². The van der Waals surface area contributed by atoms with Crippen molar-refractivity contribution < 1.29 is 24.2 Å². The van der Waals surface area contributed by atoms with Gasteiger partial charge in [0.25, 0.3) is 5.91 Å². The van der Waals surface area contributed by atoms with E-state index in [9.17, 15) is 19.5 Å². The van der Waals surface area contributed by atoms with Crippen LogP contribution in [-0.4, -0.2) is 46.1 Å². The van der Waals surface area contributed by atoms with Gasteiger partial charge in [-0.3, -0.25) is 9.59 Å². The molecule has 3 amide bonds. The maximum absolute atomic E-state index is 14.4. The number of anilines is 1. The second-order valence-electron chi connectivity index (χ2n) is 11.6. The van der Waals surface area contributed by atoms with Gasteiger partial charge in [0.1, 0.15) is 23.4 Å². The number of nitrogens with zero attached hydrogens (tertiary/aromatic N) is 1. The Hall–Kier alpha value is -4.33. The van der Waals surface area contributed by atoms with Crippen molar-refractivity contribution in [2.45, 2.75) is 79.0 Å². The first kappa shape index (κ1) is 32.2. The average Bonchev–Trinajstić information content (AvgIpc) is 2.91. The summed E-state index contributed by atoms with van der Waals surface area (Å²) in [5.41, 5.74) is 3.34. The van der Waals surface area contributed by atoms with Crippen LogP contribution in [0.2, 0.25) is 0 Å². The fourth-order valence-corrected chi connectivity index (χ4v) is 4.86. The molecule has 0 heterocycles. The van der Waals surface area contributed by atoms with Crippen molar-refractivity contribution in [3.05, 3.63) is 94.5 Å². The lowest BCUT2D eigenvalue weighted by atomic mass is 9.97. The maximum Gasteiger partial charge on any atom is 0.408 e. The highest BCUT2D eigenvalue weighted by atomic mass is 16.6. The molecule has 2 unspecified atom stereocenters. The van der Waals surface area contributed by atoms with E-state index < -0.39 is 35.6 Å². The molecule has 0 bridgehead atoms. The second kappa shape index (κ2) is 14.0. The van der Waals surface area contributed by atoms with E-state index >= 15 is 0 Å². The van der Waals surface area contributed by atoms with Gasteiger partial charge in [0.15, 0.2) is 0 Å². The minimum absolute atomic E-state index is 0.0623. The van der Waals surface area contributed by atoms with Crippen LogP contribution in [0.3, 0.4) is 0 Å². The van der Waals surface area contributed by atoms with Gasteiger partial charge in [-0.1, -0.05) is 73.7 Å². The Kier molecular flexibility index (Phi) is 10.8. The smallest absolute Gasteiger partial charge is 0.408 e. The standard InChI is InChI=1S/C34H43N3O5/c1-8-20-37(32(40)27(21-25-17-10-9-11-18-25)35-33(41)42-34(5,6)7)29(26-19-13-16-24(4)30(26)38)31(39)36-28-22(2)14-12-15-23(28)3/h9-19,27,29,38H,8,20-21H2,1-7H3,(H,35,41)(H,36,39). The maximum atomic E-state index is 14.4. The van der Waals surface area contributed by atoms with Gasteiger partial charge in [0.2, 0.25) is 5.91 Å². The Bertz CT molecular complexity index is 1380. The number of amides is 3. The Morgan fingerprint density at radius 3 is 2.07 bits per heavy atom. The normalized spacial score (nSPS) is 12.6. The number of para-hydroxylation sites is 2. The first-order valence-electron chi connectivity index (χ1n) is 14.3. The van der Waals surface area contributed by atoms with Gasteiger partial charge >= 0.3 is 6.09 Å². The van der Waals surface area contributed by atoms with Crippen molar-refractivity contribution in [1.82, 2.24) is 10.2 Å². The molecule has 3 aromatic rings. The van der Waals surface area contributed by atoms with E-state index in [1.165, 1.54) is 4.90 Å². The number of carbonyl (C=O) groups is 3. The summed E-state index contributed by atoms with van der Waals surface area (Å²) in [5.74, 6) is -0.993. The first-order valence-corrected chi connectivity index (χ1v) is 14.3. The number of benzene rings is 3. The number of phenols is 1. The van der Waals surface area contributed by atoms with Crippen LogP contribution in [0.4, 0.5) is 10.5 Å². The van der Waals surface area contributed by atoms with Gasteiger partial charge in [-0.15, -0.1) is 0 Å². The highest BCUT2D eigenvalue weighted by Crippen LogP contribution is 2.34. The predicted molar refractivity (Wildman–Crippen MR) is 165 cm³/mol. The molecule has 42 heavy (non-hydrogen) atoms. The first-order chi connectivity index (χ1) is 19.8. The molecular formula is C34H43N3O5. The summed E-state index contributed by atoms with van der Waals surface area (Å²) in [4.78, 5) is 43.0. The minimum atomic E-state index is -1.17. The van der Waals surface area contributed by atoms with Crippen molar-refractivity contribution in [3.8, 4) is 5.75 Å². The number of ether oxygens (including phenoxy) is 1. The summed E-state index contributed by atoms with van der Waals surface area (Å²) >= 11 is 0. The zero-order chi connectivity index (χ0) is 31.0. The van der Waals surface area contributed by atoms with Crippen molar-refractivity contribution in [1.29, 1.82) is 0 Å². The summed E-state index contributed by atoms with van der Waals surface area (Å²) in [7, 11) is 0. The van der Waals surface area contributed by atoms with Gasteiger partial charge in [-0.2, -0.15) is 0 Å². The van der Waals surface area contributed by atoms with Crippen molar-refractivity contribution in [3.63, 3.8) is 0 Å². The van der Waals surface area contributed by atoms with E-state index in [4.69, 9.17) is 4.74 Å². The van der Waals surface area contributed by atoms with Gasteiger partial charge in [-0.05, 0) is 70.2 Å². The third-order valence-electron chi connectivity index (χ3n) is 6.87. The highest BCUT2D eigenvalue weighted by Gasteiger charge is 2.37. The van der Waals surface area contributed by atoms with Crippen molar-refractivity contribution >= 4 is 23.6 Å². The summed E-state index contributed by atoms with van der Waals surface area (Å²) in [5, 5.41) is 16.9. The van der Waals surface area contributed by atoms with Gasteiger partial charge < -0.3 is 25.4 Å². The molecule has 0 aromatic heterocycles. The summed E-state index contributed by atoms with van der Waals surface area (Å²) in [6.45, 7) is 12.9. The molecule has 0 radical (unpaired) electrons. The largest absolute Gasteiger partial charge is 0.507 e. The monoisotopic (exact) mass is 573 g/mol. The molecule has 8 heteroatoms. The van der Waals surface area contributed by atoms with Crippen molar-refractivity contribution in [2.24, 2.45) is 0 Å². The average molecular weight is 574 g/mol. The summed E-state index contributed by atoms with van der Waals surface area (Å²) < 4.78 is 5.49. The van der Waals surface area contributed by atoms with Gasteiger partial charge in [0.05, 0.1) is 0 Å². The van der Waals surface area contributed by atoms with Gasteiger partial charge in [-0.25, -0.2) is 4.79 Å². The van der Waals surface area contributed by atoms with Gasteiger partial charge in [0, 0.05) is 24.2 Å². The van der Waals surface area contributed by atoms with Crippen LogP contribution in [0.5, 0.6) is 5.75 Å². The molecule has 0 saturated carbocycles. The molecule has 3 rings (SSSR count). The van der Waals surface area contributed by atoms with Crippen molar-refractivity contribution in [2.75, 3.05) is 11.9 Å². The van der Waals surface area contributed by atoms with E-state index in [0.717, 1.165) is 16.7 Å². The number of hydrogen-bond acceptors (Lipinski definition) is 5. The number of hydrogen-bond donors (Lipinski definition) is 3. The number of rotatable bonds is 10. The Labute approximate surface area is 249 Å². The van der Waals surface area contributed by atoms with Crippen LogP contribution in [0.1, 0.15) is 68.0 Å². The molecule has 224 valence electrons. The Morgan fingerprint density at radius 2 is 1.48 bits per heavy atom. The summed E-state index contributed by atoms with van der Waals surface area (Å²) in [6.07, 6.45) is -0.0108. The zero-order valence-corrected chi connectivity index (χ0v) is 25.7. The molecule has 0 saturated heterocycles. The lowest BCUT2D eigenvalue weighted by Crippen LogP contribution is -2.53. The van der Waals surface area contributed by atoms with E-state index in [2.05, 4.69) is 10.6 Å². The second-order valence-corrected chi connectivity index (χ2v) is 11.6. The third-order valence-corrected chi connectivity index (χ3v) is 6.87. The molecule has 0 aliphatic carbocycles. The number of aryl methyl sites for hydroxylation is 3. The van der Waals surface area contributed by atoms with Crippen LogP contribution in [0, 0.1) is 20.8 Å². The number of phenolic OH excluding ortho intramolecular Hbond substituents is 1. The molecule has 0 spiro atoms. The van der Waals surface area contributed by atoms with E-state index in [1.807, 2.05) is 69.3 Å². The molecule has 0 fully saturated rings. The third kappa shape index (κ3) is 8.35. The molecular weight excluding hydrogens is 530 g/mol. The Balaban J connectivity index is 2.10. The lowest BCUT2D eigenvalue weighted by molar-refractivity contribution is -0.140. The lowest BCUT2D eigenvalue weighted by Gasteiger charge is -2.35. The molecule has 3 N–H and O–H groups in total. The number of aromatic hydroxyl groups is 1. The zero-order valence-electron chi connectivity index (χ0n) is 25.7. The molecule has 2 atom stereocenters. The molecule has 0 aliphatic rings. The van der Waals surface area contributed by atoms with E-state index in [0.29, 0.717) is 23.2 Å². The highest BCUT2D eigenvalue weighted by molar-refractivity contribution is 6.00. The fourth-order valence-electron chi connectivity index (χ4n) is 4.86. The minimum Gasteiger partial charge on any atom is -0.507 e. The van der Waals surface area contributed by atoms with Crippen LogP contribution in [0.25, 0.3) is 0 Å². The van der Waals surface area contributed by atoms with Crippen LogP contribution >= 0.6 is 0 Å². The SMILES string of the molecule is CCCN(C(=O)C(Cc1ccccc1)NC(=O)OC(C)(C)C)C(C(=O)Nc1c(C)cccc1C)c1cccc(C)c1O. The fraction of sp³-hybridized carbons (Fsp3) is 0.382. The summed E-state index contributed by atoms with van der Waals surface area (Å²) in [6, 6.07) is 18.0. The topological polar surface area (TPSA) is 108 Å². The molecule has 0 aliphatic heterocycles. The Morgan fingerprint density at radius 1 is 0.881 bits per heavy atom. The van der Waals surface area contributed by atoms with E-state index in [1.54, 1.807) is 45.9 Å². The number of carbonyl (C=O) groups excluding carboxylic acids is 3. The molecule has 8 nitrogen and oxygen atoms in total. The predicted octanol–water partition coefficient (Wildman–Crippen LogP) is 6.37. The van der Waals surface area contributed by atoms with Crippen LogP contribution in [-0.2, 0) is 20.7 Å². The number of alkyl carbamates (subject to hydrolysis) is 1. The molecule has 3 aromatic carbocycles. The quantitative estimate of drug-likeness (QED) is 0.261. The van der Waals surface area contributed by atoms with E-state index in [-0.39, 0.29) is 18.7 Å².